The number of pyridine rings is 2. The summed E-state index contributed by atoms with van der Waals surface area (Å²) in [5.41, 5.74) is 4.12. The molecule has 168 valence electrons. The van der Waals surface area contributed by atoms with Crippen molar-refractivity contribution in [2.24, 2.45) is 0 Å². The molecule has 7 nitrogen and oxygen atoms in total. The van der Waals surface area contributed by atoms with E-state index in [2.05, 4.69) is 31.2 Å². The number of piperidine rings is 1. The highest BCUT2D eigenvalue weighted by molar-refractivity contribution is 5.57. The fraction of sp³-hybridized carbons (Fsp3) is 0.417. The van der Waals surface area contributed by atoms with Crippen LogP contribution in [0.4, 0.5) is 15.9 Å². The Hall–Kier alpha value is -2.97. The van der Waals surface area contributed by atoms with E-state index in [1.54, 1.807) is 13.2 Å². The number of anilines is 2. The van der Waals surface area contributed by atoms with Gasteiger partial charge in [0.05, 0.1) is 12.8 Å². The number of nitrogens with zero attached hydrogens (tertiary/aromatic N) is 5. The van der Waals surface area contributed by atoms with Gasteiger partial charge in [0.15, 0.2) is 0 Å². The van der Waals surface area contributed by atoms with Gasteiger partial charge in [0, 0.05) is 61.0 Å². The molecule has 8 heteroatoms. The van der Waals surface area contributed by atoms with E-state index < -0.39 is 0 Å². The molecule has 0 aromatic carbocycles. The van der Waals surface area contributed by atoms with Crippen LogP contribution in [-0.4, -0.2) is 51.6 Å². The zero-order valence-corrected chi connectivity index (χ0v) is 18.6. The average Bonchev–Trinajstić information content (AvgIpc) is 2.80. The molecule has 0 bridgehead atoms. The standard InChI is InChI=1S/C24H29FN6O/c1-17-11-21(30-24-4-3-20(25)15-28-24)12-22(29-17)19-5-8-31(9-6-19)16-18-13-26-23(27-14-18)7-10-32-2/h3-4,11-15,19H,5-10,16H2,1-2H3,(H,28,29,30). The number of rotatable bonds is 8. The topological polar surface area (TPSA) is 76.1 Å². The first kappa shape index (κ1) is 22.2. The Kier molecular flexibility index (Phi) is 7.34. The Morgan fingerprint density at radius 1 is 1.09 bits per heavy atom. The number of nitrogens with one attached hydrogen (secondary N) is 1. The first-order valence-electron chi connectivity index (χ1n) is 11.0. The van der Waals surface area contributed by atoms with Crippen LogP contribution in [0.2, 0.25) is 0 Å². The molecule has 0 atom stereocenters. The number of methoxy groups -OCH3 is 1. The Bertz CT molecular complexity index is 1000. The number of halogens is 1. The Labute approximate surface area is 188 Å². The summed E-state index contributed by atoms with van der Waals surface area (Å²) in [6.45, 7) is 5.51. The number of hydrogen-bond donors (Lipinski definition) is 1. The summed E-state index contributed by atoms with van der Waals surface area (Å²) in [6.07, 6.45) is 7.90. The molecule has 32 heavy (non-hydrogen) atoms. The van der Waals surface area contributed by atoms with Crippen LogP contribution in [0, 0.1) is 12.7 Å². The molecule has 3 aromatic rings. The molecule has 0 spiro atoms. The van der Waals surface area contributed by atoms with Gasteiger partial charge in [0.2, 0.25) is 0 Å². The van der Waals surface area contributed by atoms with Crippen LogP contribution in [0.5, 0.6) is 0 Å². The Morgan fingerprint density at radius 2 is 1.88 bits per heavy atom. The molecule has 0 radical (unpaired) electrons. The first-order chi connectivity index (χ1) is 15.6. The van der Waals surface area contributed by atoms with Gasteiger partial charge in [0.1, 0.15) is 17.5 Å². The fourth-order valence-corrected chi connectivity index (χ4v) is 4.00. The van der Waals surface area contributed by atoms with E-state index in [9.17, 15) is 4.39 Å². The van der Waals surface area contributed by atoms with Crippen molar-refractivity contribution in [3.63, 3.8) is 0 Å². The second-order valence-corrected chi connectivity index (χ2v) is 8.21. The molecule has 1 fully saturated rings. The molecule has 0 aliphatic carbocycles. The van der Waals surface area contributed by atoms with E-state index in [1.807, 2.05) is 25.4 Å². The van der Waals surface area contributed by atoms with Crippen molar-refractivity contribution in [3.8, 4) is 0 Å². The highest BCUT2D eigenvalue weighted by atomic mass is 19.1. The normalized spacial score (nSPS) is 15.1. The minimum absolute atomic E-state index is 0.345. The molecule has 0 unspecified atom stereocenters. The molecule has 0 amide bonds. The second kappa shape index (κ2) is 10.6. The summed E-state index contributed by atoms with van der Waals surface area (Å²) in [6, 6.07) is 7.11. The second-order valence-electron chi connectivity index (χ2n) is 8.21. The van der Waals surface area contributed by atoms with E-state index in [-0.39, 0.29) is 5.82 Å². The zero-order chi connectivity index (χ0) is 22.3. The van der Waals surface area contributed by atoms with Gasteiger partial charge in [-0.1, -0.05) is 0 Å². The third-order valence-electron chi connectivity index (χ3n) is 5.67. The molecule has 1 saturated heterocycles. The lowest BCUT2D eigenvalue weighted by molar-refractivity contribution is 0.199. The van der Waals surface area contributed by atoms with Crippen LogP contribution in [0.15, 0.2) is 42.9 Å². The summed E-state index contributed by atoms with van der Waals surface area (Å²) >= 11 is 0. The number of aryl methyl sites for hydroxylation is 1. The predicted octanol–water partition coefficient (Wildman–Crippen LogP) is 4.03. The van der Waals surface area contributed by atoms with Crippen molar-refractivity contribution < 1.29 is 9.13 Å². The van der Waals surface area contributed by atoms with Crippen LogP contribution < -0.4 is 5.32 Å². The van der Waals surface area contributed by atoms with E-state index in [0.717, 1.165) is 67.4 Å². The molecular formula is C24H29FN6O. The fourth-order valence-electron chi connectivity index (χ4n) is 4.00. The summed E-state index contributed by atoms with van der Waals surface area (Å²) in [5, 5.41) is 3.26. The lowest BCUT2D eigenvalue weighted by Gasteiger charge is -2.31. The van der Waals surface area contributed by atoms with Crippen molar-refractivity contribution in [2.45, 2.75) is 38.6 Å². The van der Waals surface area contributed by atoms with E-state index in [1.165, 1.54) is 12.3 Å². The van der Waals surface area contributed by atoms with Crippen LogP contribution in [0.3, 0.4) is 0 Å². The quantitative estimate of drug-likeness (QED) is 0.571. The molecule has 0 saturated carbocycles. The summed E-state index contributed by atoms with van der Waals surface area (Å²) in [4.78, 5) is 20.2. The Balaban J connectivity index is 1.33. The van der Waals surface area contributed by atoms with Gasteiger partial charge in [-0.25, -0.2) is 19.3 Å². The predicted molar refractivity (Wildman–Crippen MR) is 121 cm³/mol. The van der Waals surface area contributed by atoms with Gasteiger partial charge in [-0.3, -0.25) is 9.88 Å². The Morgan fingerprint density at radius 3 is 2.56 bits per heavy atom. The lowest BCUT2D eigenvalue weighted by atomic mass is 9.92. The maximum absolute atomic E-state index is 13.1. The van der Waals surface area contributed by atoms with Crippen molar-refractivity contribution >= 4 is 11.5 Å². The number of hydrogen-bond acceptors (Lipinski definition) is 7. The number of likely N-dealkylation sites (tertiary alicyclic amines) is 1. The van der Waals surface area contributed by atoms with Crippen molar-refractivity contribution in [2.75, 3.05) is 32.1 Å². The maximum atomic E-state index is 13.1. The van der Waals surface area contributed by atoms with Gasteiger partial charge in [0.25, 0.3) is 0 Å². The molecular weight excluding hydrogens is 407 g/mol. The molecule has 4 rings (SSSR count). The van der Waals surface area contributed by atoms with Gasteiger partial charge in [-0.15, -0.1) is 0 Å². The SMILES string of the molecule is COCCc1ncc(CN2CCC(c3cc(Nc4ccc(F)cn4)cc(C)n3)CC2)cn1. The number of aromatic nitrogens is 4. The van der Waals surface area contributed by atoms with E-state index >= 15 is 0 Å². The van der Waals surface area contributed by atoms with Gasteiger partial charge in [-0.2, -0.15) is 0 Å². The van der Waals surface area contributed by atoms with Gasteiger partial charge >= 0.3 is 0 Å². The van der Waals surface area contributed by atoms with E-state index in [0.29, 0.717) is 18.3 Å². The van der Waals surface area contributed by atoms with Crippen LogP contribution in [0.1, 0.15) is 41.5 Å². The minimum Gasteiger partial charge on any atom is -0.384 e. The van der Waals surface area contributed by atoms with Crippen molar-refractivity contribution in [1.82, 2.24) is 24.8 Å². The monoisotopic (exact) mass is 436 g/mol. The van der Waals surface area contributed by atoms with Gasteiger partial charge < -0.3 is 10.1 Å². The average molecular weight is 437 g/mol. The van der Waals surface area contributed by atoms with Crippen LogP contribution in [0.25, 0.3) is 0 Å². The number of ether oxygens (including phenoxy) is 1. The lowest BCUT2D eigenvalue weighted by Crippen LogP contribution is -2.32. The third kappa shape index (κ3) is 6.05. The molecule has 4 heterocycles. The zero-order valence-electron chi connectivity index (χ0n) is 18.6. The molecule has 1 N–H and O–H groups in total. The molecule has 1 aliphatic rings. The van der Waals surface area contributed by atoms with Crippen molar-refractivity contribution in [3.05, 3.63) is 71.4 Å². The summed E-state index contributed by atoms with van der Waals surface area (Å²) in [7, 11) is 1.68. The largest absolute Gasteiger partial charge is 0.384 e. The van der Waals surface area contributed by atoms with E-state index in [4.69, 9.17) is 9.72 Å². The molecule has 1 aliphatic heterocycles. The molecule has 3 aromatic heterocycles. The minimum atomic E-state index is -0.345. The van der Waals surface area contributed by atoms with Crippen LogP contribution >= 0.6 is 0 Å². The maximum Gasteiger partial charge on any atom is 0.141 e. The summed E-state index contributed by atoms with van der Waals surface area (Å²) < 4.78 is 18.2. The third-order valence-corrected chi connectivity index (χ3v) is 5.67. The highest BCUT2D eigenvalue weighted by Crippen LogP contribution is 2.30. The van der Waals surface area contributed by atoms with Crippen LogP contribution in [-0.2, 0) is 17.7 Å². The first-order valence-corrected chi connectivity index (χ1v) is 11.0. The highest BCUT2D eigenvalue weighted by Gasteiger charge is 2.22. The van der Waals surface area contributed by atoms with Crippen molar-refractivity contribution in [1.29, 1.82) is 0 Å². The van der Waals surface area contributed by atoms with Gasteiger partial charge in [-0.05, 0) is 57.1 Å². The summed E-state index contributed by atoms with van der Waals surface area (Å²) in [5.74, 6) is 1.51. The smallest absolute Gasteiger partial charge is 0.141 e.